The molecule has 7 nitrogen and oxygen atoms in total. The Balaban J connectivity index is 1.94. The fraction of sp³-hybridized carbons (Fsp3) is 0.481. The van der Waals surface area contributed by atoms with E-state index < -0.39 is 29.4 Å². The second-order valence-electron chi connectivity index (χ2n) is 10.2. The van der Waals surface area contributed by atoms with E-state index in [0.717, 1.165) is 0 Å². The number of benzene rings is 2. The van der Waals surface area contributed by atoms with Crippen LogP contribution in [-0.4, -0.2) is 53.0 Å². The number of nitrogens with zero attached hydrogens (tertiary/aromatic N) is 1. The van der Waals surface area contributed by atoms with Crippen LogP contribution in [0.1, 0.15) is 52.2 Å². The molecule has 0 aliphatic carbocycles. The molecule has 2 atom stereocenters. The van der Waals surface area contributed by atoms with E-state index in [9.17, 15) is 14.7 Å². The van der Waals surface area contributed by atoms with Crippen LogP contribution < -0.4 is 5.32 Å². The molecule has 1 saturated heterocycles. The van der Waals surface area contributed by atoms with Gasteiger partial charge in [-0.05, 0) is 44.2 Å². The predicted octanol–water partition coefficient (Wildman–Crippen LogP) is 4.05. The summed E-state index contributed by atoms with van der Waals surface area (Å²) in [4.78, 5) is 27.4. The summed E-state index contributed by atoms with van der Waals surface area (Å²) in [5, 5.41) is 15.3. The molecule has 1 fully saturated rings. The third-order valence-electron chi connectivity index (χ3n) is 5.77. The molecule has 1 heterocycles. The smallest absolute Gasteiger partial charge is 0.412 e. The summed E-state index contributed by atoms with van der Waals surface area (Å²) in [6.45, 7) is 9.45. The number of hydrogen-bond donors (Lipinski definition) is 2. The van der Waals surface area contributed by atoms with Crippen molar-refractivity contribution in [3.05, 3.63) is 71.8 Å². The van der Waals surface area contributed by atoms with Crippen LogP contribution in [0.5, 0.6) is 0 Å². The zero-order chi connectivity index (χ0) is 24.9. The third-order valence-corrected chi connectivity index (χ3v) is 5.77. The number of carbonyl (C=O) groups excluding carboxylic acids is 2. The molecule has 3 rings (SSSR count). The van der Waals surface area contributed by atoms with Crippen molar-refractivity contribution in [2.24, 2.45) is 5.92 Å². The highest BCUT2D eigenvalue weighted by atomic mass is 16.6. The first-order valence-electron chi connectivity index (χ1n) is 11.7. The Morgan fingerprint density at radius 1 is 1.06 bits per heavy atom. The van der Waals surface area contributed by atoms with Gasteiger partial charge in [-0.25, -0.2) is 4.79 Å². The van der Waals surface area contributed by atoms with Crippen LogP contribution in [0.25, 0.3) is 0 Å². The maximum absolute atomic E-state index is 13.5. The molecule has 0 saturated carbocycles. The Morgan fingerprint density at radius 2 is 1.59 bits per heavy atom. The normalized spacial score (nSPS) is 17.5. The Bertz CT molecular complexity index is 916. The van der Waals surface area contributed by atoms with E-state index in [-0.39, 0.29) is 25.2 Å². The number of carbonyl (C=O) groups is 2. The Labute approximate surface area is 202 Å². The van der Waals surface area contributed by atoms with Crippen molar-refractivity contribution >= 4 is 12.0 Å². The van der Waals surface area contributed by atoms with Crippen LogP contribution in [0, 0.1) is 5.92 Å². The van der Waals surface area contributed by atoms with E-state index in [1.807, 2.05) is 74.5 Å². The number of rotatable bonds is 7. The van der Waals surface area contributed by atoms with Crippen molar-refractivity contribution in [1.29, 1.82) is 0 Å². The molecule has 34 heavy (non-hydrogen) atoms. The predicted molar refractivity (Wildman–Crippen MR) is 130 cm³/mol. The standard InChI is InChI=1S/C27H36N2O5/c1-19(2)16-23(27(32,20-12-8-6-9-13-20)21-14-10-7-11-15-21)28-24(30)22-17-33-18-29(22)25(31)34-26(3,4)5/h6-15,19,22-23,32H,16-18H2,1-5H3,(H,28,30)/t22-,23-/m0/s1. The van der Waals surface area contributed by atoms with Crippen LogP contribution in [0.15, 0.2) is 60.7 Å². The minimum atomic E-state index is -1.47. The molecule has 0 bridgehead atoms. The molecule has 0 radical (unpaired) electrons. The lowest BCUT2D eigenvalue weighted by Gasteiger charge is -2.39. The average molecular weight is 469 g/mol. The number of nitrogens with one attached hydrogen (secondary N) is 1. The Morgan fingerprint density at radius 3 is 2.06 bits per heavy atom. The van der Waals surface area contributed by atoms with Gasteiger partial charge in [0.05, 0.1) is 12.6 Å². The zero-order valence-corrected chi connectivity index (χ0v) is 20.7. The summed E-state index contributed by atoms with van der Waals surface area (Å²) in [6, 6.07) is 17.2. The number of hydrogen-bond acceptors (Lipinski definition) is 5. The van der Waals surface area contributed by atoms with Crippen LogP contribution in [0.4, 0.5) is 4.79 Å². The molecule has 0 unspecified atom stereocenters. The summed E-state index contributed by atoms with van der Waals surface area (Å²) < 4.78 is 10.9. The largest absolute Gasteiger partial charge is 0.444 e. The topological polar surface area (TPSA) is 88.1 Å². The second-order valence-corrected chi connectivity index (χ2v) is 10.2. The molecule has 1 aliphatic heterocycles. The van der Waals surface area contributed by atoms with Gasteiger partial charge in [0.25, 0.3) is 0 Å². The Kier molecular flexibility index (Phi) is 8.00. The van der Waals surface area contributed by atoms with Gasteiger partial charge in [0.1, 0.15) is 24.0 Å². The Hall–Kier alpha value is -2.90. The summed E-state index contributed by atoms with van der Waals surface area (Å²) in [5.74, 6) is -0.203. The average Bonchev–Trinajstić information content (AvgIpc) is 3.28. The first-order chi connectivity index (χ1) is 16.0. The van der Waals surface area contributed by atoms with Gasteiger partial charge < -0.3 is 19.9 Å². The van der Waals surface area contributed by atoms with Gasteiger partial charge >= 0.3 is 6.09 Å². The van der Waals surface area contributed by atoms with Crippen LogP contribution >= 0.6 is 0 Å². The number of amides is 2. The van der Waals surface area contributed by atoms with Crippen molar-refractivity contribution in [3.63, 3.8) is 0 Å². The van der Waals surface area contributed by atoms with E-state index in [4.69, 9.17) is 9.47 Å². The van der Waals surface area contributed by atoms with E-state index in [1.165, 1.54) is 4.90 Å². The lowest BCUT2D eigenvalue weighted by Crippen LogP contribution is -2.57. The molecule has 2 aromatic rings. The van der Waals surface area contributed by atoms with E-state index in [0.29, 0.717) is 17.5 Å². The van der Waals surface area contributed by atoms with Gasteiger partial charge in [-0.15, -0.1) is 0 Å². The van der Waals surface area contributed by atoms with E-state index in [2.05, 4.69) is 5.32 Å². The van der Waals surface area contributed by atoms with Crippen molar-refractivity contribution in [2.75, 3.05) is 13.3 Å². The lowest BCUT2D eigenvalue weighted by atomic mass is 9.77. The molecule has 7 heteroatoms. The van der Waals surface area contributed by atoms with E-state index in [1.54, 1.807) is 20.8 Å². The van der Waals surface area contributed by atoms with Crippen LogP contribution in [0.2, 0.25) is 0 Å². The summed E-state index contributed by atoms with van der Waals surface area (Å²) in [5.41, 5.74) is -0.807. The molecule has 0 spiro atoms. The quantitative estimate of drug-likeness (QED) is 0.640. The minimum absolute atomic E-state index is 0.0243. The summed E-state index contributed by atoms with van der Waals surface area (Å²) >= 11 is 0. The fourth-order valence-corrected chi connectivity index (χ4v) is 4.19. The zero-order valence-electron chi connectivity index (χ0n) is 20.7. The number of ether oxygens (including phenoxy) is 2. The van der Waals surface area contributed by atoms with Gasteiger partial charge in [-0.3, -0.25) is 9.69 Å². The van der Waals surface area contributed by atoms with Crippen molar-refractivity contribution in [2.45, 2.75) is 64.3 Å². The summed E-state index contributed by atoms with van der Waals surface area (Å²) in [7, 11) is 0. The molecule has 1 aliphatic rings. The van der Waals surface area contributed by atoms with Crippen LogP contribution in [-0.2, 0) is 19.9 Å². The van der Waals surface area contributed by atoms with Gasteiger partial charge in [-0.1, -0.05) is 74.5 Å². The molecule has 2 N–H and O–H groups in total. The fourth-order valence-electron chi connectivity index (χ4n) is 4.19. The van der Waals surface area contributed by atoms with Gasteiger partial charge in [0, 0.05) is 0 Å². The first kappa shape index (κ1) is 25.7. The van der Waals surface area contributed by atoms with Crippen molar-refractivity contribution < 1.29 is 24.2 Å². The van der Waals surface area contributed by atoms with Crippen molar-refractivity contribution in [1.82, 2.24) is 10.2 Å². The molecule has 184 valence electrons. The minimum Gasteiger partial charge on any atom is -0.444 e. The lowest BCUT2D eigenvalue weighted by molar-refractivity contribution is -0.128. The molecule has 0 aromatic heterocycles. The monoisotopic (exact) mass is 468 g/mol. The molecule has 2 aromatic carbocycles. The second kappa shape index (κ2) is 10.6. The molecular weight excluding hydrogens is 432 g/mol. The van der Waals surface area contributed by atoms with Crippen LogP contribution in [0.3, 0.4) is 0 Å². The van der Waals surface area contributed by atoms with Gasteiger partial charge in [-0.2, -0.15) is 0 Å². The maximum Gasteiger partial charge on any atom is 0.412 e. The highest BCUT2D eigenvalue weighted by Crippen LogP contribution is 2.36. The van der Waals surface area contributed by atoms with E-state index >= 15 is 0 Å². The third kappa shape index (κ3) is 5.96. The maximum atomic E-state index is 13.5. The van der Waals surface area contributed by atoms with Crippen molar-refractivity contribution in [3.8, 4) is 0 Å². The SMILES string of the molecule is CC(C)C[C@H](NC(=O)[C@@H]1COCN1C(=O)OC(C)(C)C)C(O)(c1ccccc1)c1ccccc1. The molecule has 2 amide bonds. The highest BCUT2D eigenvalue weighted by molar-refractivity contribution is 5.86. The van der Waals surface area contributed by atoms with Gasteiger partial charge in [0.2, 0.25) is 5.91 Å². The highest BCUT2D eigenvalue weighted by Gasteiger charge is 2.44. The summed E-state index contributed by atoms with van der Waals surface area (Å²) in [6.07, 6.45) is -0.0848. The first-order valence-corrected chi connectivity index (χ1v) is 11.7. The van der Waals surface area contributed by atoms with Gasteiger partial charge in [0.15, 0.2) is 0 Å². The number of aliphatic hydroxyl groups is 1. The molecular formula is C27H36N2O5.